The highest BCUT2D eigenvalue weighted by Crippen LogP contribution is 2.46. The molecule has 7 aromatic rings. The number of fused-ring (bicyclic) bond motifs is 8. The number of aryl methyl sites for hydroxylation is 2. The molecule has 9 rings (SSSR count). The number of rotatable bonds is 2. The zero-order valence-corrected chi connectivity index (χ0v) is 28.8. The highest BCUT2D eigenvalue weighted by Gasteiger charge is 2.35. The number of benzene rings is 3. The molecule has 10 nitrogen and oxygen atoms in total. The van der Waals surface area contributed by atoms with E-state index in [2.05, 4.69) is 26.1 Å². The monoisotopic (exact) mass is 706 g/mol. The van der Waals surface area contributed by atoms with Gasteiger partial charge in [0.25, 0.3) is 5.70 Å². The van der Waals surface area contributed by atoms with Gasteiger partial charge in [-0.25, -0.2) is 20.1 Å². The molecule has 0 fully saturated rings. The van der Waals surface area contributed by atoms with Gasteiger partial charge in [-0.05, 0) is 35.4 Å². The van der Waals surface area contributed by atoms with Crippen LogP contribution in [0, 0.1) is 40.6 Å². The van der Waals surface area contributed by atoms with Crippen LogP contribution in [0.5, 0.6) is 0 Å². The molecule has 52 heavy (non-hydrogen) atoms. The largest absolute Gasteiger partial charge is 0.343 e. The van der Waals surface area contributed by atoms with Crippen molar-refractivity contribution in [2.75, 3.05) is 0 Å². The van der Waals surface area contributed by atoms with Crippen LogP contribution in [-0.2, 0) is 14.1 Å². The fraction of sp³-hybridized carbons (Fsp3) is 0.0500. The third-order valence-corrected chi connectivity index (χ3v) is 11.7. The number of nitrogens with zero attached hydrogens (tertiary/aromatic N) is 8. The second-order valence-corrected chi connectivity index (χ2v) is 14.3. The zero-order chi connectivity index (χ0) is 36.0. The van der Waals surface area contributed by atoms with E-state index in [1.807, 2.05) is 44.4 Å². The number of nitriles is 3. The van der Waals surface area contributed by atoms with E-state index < -0.39 is 0 Å². The third kappa shape index (κ3) is 4.11. The lowest BCUT2D eigenvalue weighted by Crippen LogP contribution is -2.07. The van der Waals surface area contributed by atoms with E-state index in [0.717, 1.165) is 42.2 Å². The summed E-state index contributed by atoms with van der Waals surface area (Å²) < 4.78 is 6.13. The van der Waals surface area contributed by atoms with Gasteiger partial charge in [0.05, 0.1) is 44.1 Å². The maximum absolute atomic E-state index is 13.5. The Hall–Kier alpha value is -7.22. The summed E-state index contributed by atoms with van der Waals surface area (Å²) in [5, 5.41) is 32.3. The van der Waals surface area contributed by atoms with Crippen LogP contribution in [0.2, 0.25) is 0 Å². The standard InChI is InChI=1S/C40H18N8O2S2/c1-44-26(18-43)34-21-9-5-7-11-23(21)38(50)36(34)46-32-15-30-40(52-32)25-13-27-24(12-28(25)48(30)3)39-29(47(27)2)14-31(51-39)45-35-33(19(16-41)17-42)20-8-4-6-10-22(20)37(35)49/h4-15H,2-3H3. The molecular formula is C40H18N8O2S2. The van der Waals surface area contributed by atoms with Crippen LogP contribution in [0.3, 0.4) is 0 Å². The molecule has 0 unspecified atom stereocenters. The number of Topliss-reactive ketones (excluding diaryl/α,β-unsaturated/α-hetero) is 2. The summed E-state index contributed by atoms with van der Waals surface area (Å²) in [5.41, 5.74) is 6.11. The van der Waals surface area contributed by atoms with E-state index in [9.17, 15) is 25.4 Å². The Bertz CT molecular complexity index is 2940. The van der Waals surface area contributed by atoms with E-state index in [4.69, 9.17) is 16.6 Å². The van der Waals surface area contributed by atoms with E-state index in [0.29, 0.717) is 32.3 Å². The fourth-order valence-corrected chi connectivity index (χ4v) is 9.40. The highest BCUT2D eigenvalue weighted by molar-refractivity contribution is 7.24. The number of hydrogen-bond donors (Lipinski definition) is 0. The minimum absolute atomic E-state index is 0.0864. The molecule has 2 aliphatic rings. The molecule has 0 N–H and O–H groups in total. The molecular weight excluding hydrogens is 689 g/mol. The lowest BCUT2D eigenvalue weighted by Gasteiger charge is -2.02. The summed E-state index contributed by atoms with van der Waals surface area (Å²) in [6.07, 6.45) is 0. The molecule has 2 aliphatic carbocycles. The number of thiophene rings is 2. The molecule has 0 saturated carbocycles. The first-order valence-electron chi connectivity index (χ1n) is 15.7. The average molecular weight is 707 g/mol. The van der Waals surface area contributed by atoms with Crippen LogP contribution in [0.25, 0.3) is 58.2 Å². The van der Waals surface area contributed by atoms with E-state index in [1.165, 1.54) is 22.7 Å². The summed E-state index contributed by atoms with van der Waals surface area (Å²) >= 11 is 2.87. The van der Waals surface area contributed by atoms with Crippen molar-refractivity contribution in [1.29, 1.82) is 15.8 Å². The van der Waals surface area contributed by atoms with Crippen molar-refractivity contribution in [3.8, 4) is 18.2 Å². The van der Waals surface area contributed by atoms with Crippen LogP contribution in [0.1, 0.15) is 31.8 Å². The van der Waals surface area contributed by atoms with Gasteiger partial charge in [0.15, 0.2) is 0 Å². The van der Waals surface area contributed by atoms with Gasteiger partial charge >= 0.3 is 0 Å². The lowest BCUT2D eigenvalue weighted by atomic mass is 10.0. The number of carbonyl (C=O) groups excluding carboxylic acids is 2. The molecule has 242 valence electrons. The normalized spacial score (nSPS) is 16.2. The van der Waals surface area contributed by atoms with Crippen LogP contribution in [0.4, 0.5) is 10.0 Å². The van der Waals surface area contributed by atoms with Gasteiger partial charge in [-0.1, -0.05) is 48.5 Å². The number of ketones is 2. The van der Waals surface area contributed by atoms with Crippen molar-refractivity contribution < 1.29 is 9.59 Å². The summed E-state index contributed by atoms with van der Waals surface area (Å²) in [6.45, 7) is 7.56. The Balaban J connectivity index is 1.17. The number of allylic oxidation sites excluding steroid dienone is 4. The first kappa shape index (κ1) is 30.8. The molecule has 0 saturated heterocycles. The van der Waals surface area contributed by atoms with Gasteiger partial charge in [-0.2, -0.15) is 10.5 Å². The average Bonchev–Trinajstić information content (AvgIpc) is 3.99. The quantitative estimate of drug-likeness (QED) is 0.130. The lowest BCUT2D eigenvalue weighted by molar-refractivity contribution is 0.106. The molecule has 4 aromatic heterocycles. The SMILES string of the molecule is [C-]#[N+]C(C#N)=C1C(=Nc2cc3c(s2)c2cc4c(cc2n3C)c2sc(N=C3C(=O)c5ccccc5C3=C(C#N)C#N)cc2n4C)C(=O)c2ccccc21. The molecule has 4 heterocycles. The first-order chi connectivity index (χ1) is 25.3. The van der Waals surface area contributed by atoms with Gasteiger partial charge in [-0.3, -0.25) is 9.59 Å². The second kappa shape index (κ2) is 11.1. The van der Waals surface area contributed by atoms with Crippen LogP contribution in [0.15, 0.2) is 94.1 Å². The fourth-order valence-electron chi connectivity index (χ4n) is 7.22. The van der Waals surface area contributed by atoms with E-state index in [1.54, 1.807) is 48.5 Å². The predicted molar refractivity (Wildman–Crippen MR) is 203 cm³/mol. The van der Waals surface area contributed by atoms with Crippen molar-refractivity contribution in [2.45, 2.75) is 0 Å². The Morgan fingerprint density at radius 1 is 0.654 bits per heavy atom. The molecule has 0 radical (unpaired) electrons. The maximum atomic E-state index is 13.5. The van der Waals surface area contributed by atoms with Crippen molar-refractivity contribution in [2.24, 2.45) is 24.1 Å². The molecule has 0 bridgehead atoms. The highest BCUT2D eigenvalue weighted by atomic mass is 32.1. The van der Waals surface area contributed by atoms with Crippen LogP contribution in [-0.4, -0.2) is 32.1 Å². The van der Waals surface area contributed by atoms with E-state index >= 15 is 0 Å². The maximum Gasteiger partial charge on any atom is 0.271 e. The summed E-state index contributed by atoms with van der Waals surface area (Å²) in [7, 11) is 3.94. The van der Waals surface area contributed by atoms with Crippen LogP contribution < -0.4 is 0 Å². The molecule has 0 aliphatic heterocycles. The van der Waals surface area contributed by atoms with Gasteiger partial charge in [0.2, 0.25) is 11.6 Å². The predicted octanol–water partition coefficient (Wildman–Crippen LogP) is 8.99. The van der Waals surface area contributed by atoms with Crippen molar-refractivity contribution >= 4 is 109 Å². The van der Waals surface area contributed by atoms with Gasteiger partial charge < -0.3 is 9.13 Å². The Morgan fingerprint density at radius 3 is 1.54 bits per heavy atom. The van der Waals surface area contributed by atoms with Crippen molar-refractivity contribution in [3.05, 3.63) is 118 Å². The van der Waals surface area contributed by atoms with Crippen molar-refractivity contribution in [1.82, 2.24) is 9.13 Å². The van der Waals surface area contributed by atoms with Gasteiger partial charge in [0, 0.05) is 47.1 Å². The summed E-state index contributed by atoms with van der Waals surface area (Å²) in [6, 6.07) is 27.8. The van der Waals surface area contributed by atoms with Gasteiger partial charge in [-0.15, -0.1) is 22.7 Å². The molecule has 0 amide bonds. The molecule has 3 aromatic carbocycles. The van der Waals surface area contributed by atoms with Gasteiger partial charge in [0.1, 0.15) is 39.1 Å². The number of aliphatic imine (C=N–C) groups is 2. The topological polar surface area (TPSA) is 144 Å². The summed E-state index contributed by atoms with van der Waals surface area (Å²) in [4.78, 5) is 39.8. The smallest absolute Gasteiger partial charge is 0.271 e. The van der Waals surface area contributed by atoms with Crippen molar-refractivity contribution in [3.63, 3.8) is 0 Å². The zero-order valence-electron chi connectivity index (χ0n) is 27.1. The Morgan fingerprint density at radius 2 is 1.10 bits per heavy atom. The number of aromatic nitrogens is 2. The first-order valence-corrected chi connectivity index (χ1v) is 17.4. The second-order valence-electron chi connectivity index (χ2n) is 12.2. The Labute approximate surface area is 302 Å². The molecule has 0 atom stereocenters. The summed E-state index contributed by atoms with van der Waals surface area (Å²) in [5.74, 6) is -0.638. The molecule has 12 heteroatoms. The number of hydrogen-bond acceptors (Lipinski definition) is 9. The van der Waals surface area contributed by atoms with Crippen LogP contribution >= 0.6 is 22.7 Å². The minimum Gasteiger partial charge on any atom is -0.343 e. The minimum atomic E-state index is -0.322. The number of carbonyl (C=O) groups is 2. The molecule has 0 spiro atoms. The Kier molecular flexibility index (Phi) is 6.60. The van der Waals surface area contributed by atoms with E-state index in [-0.39, 0.29) is 45.4 Å². The third-order valence-electron chi connectivity index (χ3n) is 9.61.